The van der Waals surface area contributed by atoms with E-state index in [0.717, 1.165) is 5.56 Å². The van der Waals surface area contributed by atoms with Gasteiger partial charge in [-0.3, -0.25) is 0 Å². The van der Waals surface area contributed by atoms with E-state index in [-0.39, 0.29) is 12.2 Å². The Bertz CT molecular complexity index is 861. The van der Waals surface area contributed by atoms with E-state index < -0.39 is 12.1 Å². The SMILES string of the molecule is N#CCc1nc(-c2ccc(-c3noc(C(F)(F)F)n3)cc2)cs1. The summed E-state index contributed by atoms with van der Waals surface area (Å²) < 4.78 is 41.5. The van der Waals surface area contributed by atoms with Gasteiger partial charge in [0.1, 0.15) is 5.01 Å². The van der Waals surface area contributed by atoms with Gasteiger partial charge >= 0.3 is 12.1 Å². The van der Waals surface area contributed by atoms with E-state index in [1.807, 2.05) is 11.4 Å². The van der Waals surface area contributed by atoms with Crippen molar-refractivity contribution in [3.8, 4) is 28.7 Å². The first-order chi connectivity index (χ1) is 11.0. The first kappa shape index (κ1) is 15.2. The lowest BCUT2D eigenvalue weighted by Gasteiger charge is -1.99. The van der Waals surface area contributed by atoms with Gasteiger partial charge in [-0.2, -0.15) is 23.4 Å². The topological polar surface area (TPSA) is 75.6 Å². The van der Waals surface area contributed by atoms with Crippen LogP contribution in [0, 0.1) is 11.3 Å². The molecule has 0 atom stereocenters. The van der Waals surface area contributed by atoms with Gasteiger partial charge in [-0.25, -0.2) is 4.98 Å². The molecule has 116 valence electrons. The van der Waals surface area contributed by atoms with Crippen molar-refractivity contribution in [2.24, 2.45) is 0 Å². The lowest BCUT2D eigenvalue weighted by Crippen LogP contribution is -2.04. The number of nitrogens with zero attached hydrogens (tertiary/aromatic N) is 4. The van der Waals surface area contributed by atoms with Crippen molar-refractivity contribution in [1.82, 2.24) is 15.1 Å². The number of hydrogen-bond acceptors (Lipinski definition) is 6. The minimum Gasteiger partial charge on any atom is -0.329 e. The molecule has 0 aliphatic carbocycles. The van der Waals surface area contributed by atoms with Crippen molar-refractivity contribution in [2.45, 2.75) is 12.6 Å². The van der Waals surface area contributed by atoms with Gasteiger partial charge < -0.3 is 4.52 Å². The average Bonchev–Trinajstić information content (AvgIpc) is 3.16. The van der Waals surface area contributed by atoms with Crippen molar-refractivity contribution >= 4 is 11.3 Å². The molecule has 0 saturated carbocycles. The fourth-order valence-corrected chi connectivity index (χ4v) is 2.57. The van der Waals surface area contributed by atoms with Crippen molar-refractivity contribution in [2.75, 3.05) is 0 Å². The summed E-state index contributed by atoms with van der Waals surface area (Å²) in [7, 11) is 0. The maximum Gasteiger partial charge on any atom is 0.471 e. The molecule has 23 heavy (non-hydrogen) atoms. The zero-order valence-electron chi connectivity index (χ0n) is 11.3. The number of hydrogen-bond donors (Lipinski definition) is 0. The number of alkyl halides is 3. The van der Waals surface area contributed by atoms with Crippen LogP contribution in [0.2, 0.25) is 0 Å². The van der Waals surface area contributed by atoms with E-state index in [2.05, 4.69) is 19.6 Å². The molecular weight excluding hydrogens is 329 g/mol. The Labute approximate surface area is 132 Å². The number of thiazole rings is 1. The zero-order valence-corrected chi connectivity index (χ0v) is 12.1. The highest BCUT2D eigenvalue weighted by Gasteiger charge is 2.38. The molecule has 0 radical (unpaired) electrons. The second-order valence-electron chi connectivity index (χ2n) is 4.46. The van der Waals surface area contributed by atoms with E-state index in [1.54, 1.807) is 24.3 Å². The third-order valence-electron chi connectivity index (χ3n) is 2.89. The van der Waals surface area contributed by atoms with Crippen LogP contribution in [-0.2, 0) is 12.6 Å². The monoisotopic (exact) mass is 336 g/mol. The Morgan fingerprint density at radius 3 is 2.43 bits per heavy atom. The Balaban J connectivity index is 1.84. The van der Waals surface area contributed by atoms with E-state index in [0.29, 0.717) is 16.3 Å². The van der Waals surface area contributed by atoms with Gasteiger partial charge in [0.25, 0.3) is 0 Å². The summed E-state index contributed by atoms with van der Waals surface area (Å²) in [5.41, 5.74) is 1.89. The summed E-state index contributed by atoms with van der Waals surface area (Å²) in [4.78, 5) is 7.64. The maximum absolute atomic E-state index is 12.4. The van der Waals surface area contributed by atoms with Crippen LogP contribution in [0.25, 0.3) is 22.6 Å². The quantitative estimate of drug-likeness (QED) is 0.724. The number of halogens is 3. The van der Waals surface area contributed by atoms with Gasteiger partial charge in [-0.1, -0.05) is 29.4 Å². The molecule has 0 unspecified atom stereocenters. The van der Waals surface area contributed by atoms with Crippen LogP contribution in [-0.4, -0.2) is 15.1 Å². The van der Waals surface area contributed by atoms with Gasteiger partial charge in [0.2, 0.25) is 5.82 Å². The largest absolute Gasteiger partial charge is 0.471 e. The van der Waals surface area contributed by atoms with Crippen LogP contribution in [0.4, 0.5) is 13.2 Å². The summed E-state index contributed by atoms with van der Waals surface area (Å²) in [6, 6.07) is 8.59. The second-order valence-corrected chi connectivity index (χ2v) is 5.40. The first-order valence-corrected chi connectivity index (χ1v) is 7.18. The van der Waals surface area contributed by atoms with Gasteiger partial charge in [-0.05, 0) is 0 Å². The smallest absolute Gasteiger partial charge is 0.329 e. The van der Waals surface area contributed by atoms with Crippen LogP contribution in [0.15, 0.2) is 34.2 Å². The van der Waals surface area contributed by atoms with Gasteiger partial charge in [0.15, 0.2) is 0 Å². The second kappa shape index (κ2) is 5.81. The molecule has 1 aromatic carbocycles. The molecule has 0 N–H and O–H groups in total. The zero-order chi connectivity index (χ0) is 16.4. The van der Waals surface area contributed by atoms with Crippen LogP contribution in [0.3, 0.4) is 0 Å². The number of rotatable bonds is 3. The molecule has 0 fully saturated rings. The third kappa shape index (κ3) is 3.22. The Hall–Kier alpha value is -2.73. The molecule has 0 amide bonds. The molecule has 5 nitrogen and oxygen atoms in total. The lowest BCUT2D eigenvalue weighted by molar-refractivity contribution is -0.159. The van der Waals surface area contributed by atoms with E-state index in [9.17, 15) is 13.2 Å². The van der Waals surface area contributed by atoms with Crippen molar-refractivity contribution < 1.29 is 17.7 Å². The van der Waals surface area contributed by atoms with E-state index in [1.165, 1.54) is 11.3 Å². The molecule has 0 bridgehead atoms. The van der Waals surface area contributed by atoms with Crippen LogP contribution in [0.5, 0.6) is 0 Å². The first-order valence-electron chi connectivity index (χ1n) is 6.30. The highest BCUT2D eigenvalue weighted by Crippen LogP contribution is 2.30. The number of benzene rings is 1. The lowest BCUT2D eigenvalue weighted by atomic mass is 10.1. The normalized spacial score (nSPS) is 11.4. The van der Waals surface area contributed by atoms with Gasteiger partial charge in [-0.15, -0.1) is 11.3 Å². The maximum atomic E-state index is 12.4. The average molecular weight is 336 g/mol. The molecule has 0 saturated heterocycles. The Morgan fingerprint density at radius 1 is 1.13 bits per heavy atom. The summed E-state index contributed by atoms with van der Waals surface area (Å²) >= 11 is 1.38. The predicted octanol–water partition coefficient (Wildman–Crippen LogP) is 3.94. The minimum absolute atomic E-state index is 0.132. The third-order valence-corrected chi connectivity index (χ3v) is 3.74. The summed E-state index contributed by atoms with van der Waals surface area (Å²) in [5, 5.41) is 14.5. The Kier molecular flexibility index (Phi) is 3.83. The molecule has 0 aliphatic heterocycles. The molecule has 3 rings (SSSR count). The van der Waals surface area contributed by atoms with Crippen molar-refractivity contribution in [1.29, 1.82) is 5.26 Å². The molecule has 2 aromatic heterocycles. The fraction of sp³-hybridized carbons (Fsp3) is 0.143. The summed E-state index contributed by atoms with van der Waals surface area (Å²) in [6.45, 7) is 0. The molecule has 2 heterocycles. The molecule has 0 aliphatic rings. The predicted molar refractivity (Wildman–Crippen MR) is 75.2 cm³/mol. The van der Waals surface area contributed by atoms with Crippen molar-refractivity contribution in [3.05, 3.63) is 40.5 Å². The fourth-order valence-electron chi connectivity index (χ4n) is 1.84. The van der Waals surface area contributed by atoms with Gasteiger partial charge in [0, 0.05) is 16.5 Å². The highest BCUT2D eigenvalue weighted by atomic mass is 32.1. The highest BCUT2D eigenvalue weighted by molar-refractivity contribution is 7.10. The Morgan fingerprint density at radius 2 is 1.83 bits per heavy atom. The van der Waals surface area contributed by atoms with Gasteiger partial charge in [0.05, 0.1) is 18.2 Å². The van der Waals surface area contributed by atoms with E-state index >= 15 is 0 Å². The minimum atomic E-state index is -4.66. The number of nitriles is 1. The van der Waals surface area contributed by atoms with Crippen LogP contribution in [0.1, 0.15) is 10.9 Å². The molecule has 9 heteroatoms. The summed E-state index contributed by atoms with van der Waals surface area (Å²) in [5.74, 6) is -1.51. The molecular formula is C14H7F3N4OS. The number of aromatic nitrogens is 3. The molecule has 0 spiro atoms. The standard InChI is InChI=1S/C14H7F3N4OS/c15-14(16,17)13-20-12(21-22-13)9-3-1-8(2-4-9)10-7-23-11(19-10)5-6-18/h1-4,7H,5H2. The van der Waals surface area contributed by atoms with E-state index in [4.69, 9.17) is 5.26 Å². The van der Waals surface area contributed by atoms with Crippen molar-refractivity contribution in [3.63, 3.8) is 0 Å². The summed E-state index contributed by atoms with van der Waals surface area (Å²) in [6.07, 6.45) is -4.42. The van der Waals surface area contributed by atoms with Crippen LogP contribution < -0.4 is 0 Å². The molecule has 3 aromatic rings. The van der Waals surface area contributed by atoms with Crippen LogP contribution >= 0.6 is 11.3 Å².